The van der Waals surface area contributed by atoms with Gasteiger partial charge in [0.05, 0.1) is 13.5 Å². The van der Waals surface area contributed by atoms with Gasteiger partial charge in [-0.2, -0.15) is 0 Å². The van der Waals surface area contributed by atoms with Crippen LogP contribution in [0.2, 0.25) is 0 Å². The van der Waals surface area contributed by atoms with Crippen LogP contribution in [0.25, 0.3) is 0 Å². The van der Waals surface area contributed by atoms with E-state index < -0.39 is 12.6 Å². The van der Waals surface area contributed by atoms with Crippen LogP contribution in [-0.4, -0.2) is 17.2 Å². The molecule has 0 saturated heterocycles. The molecule has 0 saturated carbocycles. The monoisotopic (exact) mass is 205 g/mol. The van der Waals surface area contributed by atoms with Gasteiger partial charge in [-0.1, -0.05) is 0 Å². The minimum Gasteiger partial charge on any atom is -0.228 e. The molecule has 0 fully saturated rings. The average molecular weight is 205 g/mol. The van der Waals surface area contributed by atoms with Gasteiger partial charge in [0.15, 0.2) is 6.85 Å². The Morgan fingerprint density at radius 2 is 3.40 bits per heavy atom. The first-order chi connectivity index (χ1) is 3.18. The zero-order chi connectivity index (χ0) is 5.86. The molecule has 28 valence electrons. The van der Waals surface area contributed by atoms with E-state index in [1.54, 1.807) is 22.0 Å². The van der Waals surface area contributed by atoms with Crippen molar-refractivity contribution in [3.05, 3.63) is 0 Å². The van der Waals surface area contributed by atoms with Gasteiger partial charge in [0.1, 0.15) is 0 Å². The van der Waals surface area contributed by atoms with Crippen LogP contribution >= 0.6 is 27.8 Å². The zero-order valence-corrected chi connectivity index (χ0v) is 5.54. The van der Waals surface area contributed by atoms with Crippen LogP contribution < -0.4 is 0 Å². The highest BCUT2D eigenvalue weighted by molar-refractivity contribution is 14.2. The normalized spacial score (nSPS) is 18.8. The number of halogens is 2. The molecular formula is H3B2FIP. The first kappa shape index (κ1) is 3.25. The predicted octanol–water partition coefficient (Wildman–Crippen LogP) is 0.602. The minimum absolute atomic E-state index is 0.120. The smallest absolute Gasteiger partial charge is 0.167 e. The van der Waals surface area contributed by atoms with E-state index in [1.165, 1.54) is 0 Å². The molecule has 0 aliphatic rings. The summed E-state index contributed by atoms with van der Waals surface area (Å²) in [7, 11) is -0.120. The summed E-state index contributed by atoms with van der Waals surface area (Å²) in [6.07, 6.45) is 0. The van der Waals surface area contributed by atoms with Gasteiger partial charge in [0.2, 0.25) is 0 Å². The highest BCUT2D eigenvalue weighted by atomic mass is 127. The molecule has 0 N–H and O–H groups in total. The summed E-state index contributed by atoms with van der Waals surface area (Å²) in [4.78, 5) is 0. The molecule has 0 heterocycles. The fourth-order valence-electron chi connectivity index (χ4n) is 0. The summed E-state index contributed by atoms with van der Waals surface area (Å²) in [6.45, 7) is -0.796. The van der Waals surface area contributed by atoms with Crippen LogP contribution in [0.3, 0.4) is 0 Å². The molecule has 0 aromatic carbocycles. The van der Waals surface area contributed by atoms with Gasteiger partial charge < -0.3 is 0 Å². The molecule has 0 bridgehead atoms. The first-order valence-electron chi connectivity index (χ1n) is 2.29. The summed E-state index contributed by atoms with van der Waals surface area (Å²) in [5.74, 6) is -1.71. The van der Waals surface area contributed by atoms with Crippen molar-refractivity contribution in [1.82, 2.24) is 0 Å². The molecule has 0 rings (SSSR count). The van der Waals surface area contributed by atoms with E-state index >= 15 is 0 Å². The van der Waals surface area contributed by atoms with E-state index in [9.17, 15) is 4.20 Å². The van der Waals surface area contributed by atoms with Crippen molar-refractivity contribution in [2.24, 2.45) is 0 Å². The fourth-order valence-corrected chi connectivity index (χ4v) is 0. The van der Waals surface area contributed by atoms with E-state index in [2.05, 4.69) is 0 Å². The van der Waals surface area contributed by atoms with Crippen LogP contribution in [0.4, 0.5) is 4.20 Å². The lowest BCUT2D eigenvalue weighted by Gasteiger charge is -1.80. The molecule has 1 unspecified atom stereocenters. The minimum atomic E-state index is -1.71. The van der Waals surface area contributed by atoms with Crippen molar-refractivity contribution in [2.45, 2.75) is 0 Å². The Kier molecular flexibility index (Phi) is 2.22. The number of hydrogen-bond donors (Lipinski definition) is 0. The predicted molar refractivity (Wildman–Crippen MR) is 37.7 cm³/mol. The number of rotatable bonds is 2. The molecular weight excluding hydrogens is 198 g/mol. The molecule has 0 aliphatic heterocycles. The molecule has 0 aromatic heterocycles. The maximum Gasteiger partial charge on any atom is 0.167 e. The van der Waals surface area contributed by atoms with Gasteiger partial charge in [-0.25, -0.2) is 4.20 Å². The Morgan fingerprint density at radius 1 is 2.80 bits per heavy atom. The van der Waals surface area contributed by atoms with Gasteiger partial charge in [-0.15, -0.1) is 0 Å². The van der Waals surface area contributed by atoms with Gasteiger partial charge >= 0.3 is 0 Å². The highest BCUT2D eigenvalue weighted by Crippen LogP contribution is 2.42. The van der Waals surface area contributed by atoms with Crippen LogP contribution in [-0.2, 0) is 0 Å². The Balaban J connectivity index is 3.14. The largest absolute Gasteiger partial charge is 0.228 e. The molecule has 0 radical (unpaired) electrons. The fraction of sp³-hybridized carbons (Fsp3) is 0. The lowest BCUT2D eigenvalue weighted by Crippen LogP contribution is -1.71. The lowest BCUT2D eigenvalue weighted by molar-refractivity contribution is 0.932. The van der Waals surface area contributed by atoms with Crippen LogP contribution in [0.15, 0.2) is 0 Å². The van der Waals surface area contributed by atoms with Crippen molar-refractivity contribution < 1.29 is 4.20 Å². The molecule has 5 heavy (non-hydrogen) atoms. The van der Waals surface area contributed by atoms with Crippen molar-refractivity contribution in [3.8, 4) is 0 Å². The quantitative estimate of drug-likeness (QED) is 0.351. The van der Waals surface area contributed by atoms with Gasteiger partial charge in [0, 0.05) is 0 Å². The third-order valence-corrected chi connectivity index (χ3v) is 1.60. The molecule has 0 amide bonds. The standard InChI is InChI=1S/B2FH3IP/c1-2-5(3)4/h2H,1H2/i1T,2D. The van der Waals surface area contributed by atoms with Crippen molar-refractivity contribution in [1.29, 1.82) is 2.67 Å². The van der Waals surface area contributed by atoms with E-state index in [0.29, 0.717) is 0 Å². The van der Waals surface area contributed by atoms with Crippen LogP contribution in [0, 0.1) is 0 Å². The van der Waals surface area contributed by atoms with Crippen molar-refractivity contribution >= 4 is 42.3 Å². The summed E-state index contributed by atoms with van der Waals surface area (Å²) < 4.78 is 25.1. The Hall–Kier alpha value is 1.22. The second-order valence-corrected chi connectivity index (χ2v) is 4.09. The zero-order valence-electron chi connectivity index (χ0n) is 4.49. The summed E-state index contributed by atoms with van der Waals surface area (Å²) in [5.41, 5.74) is 0. The third kappa shape index (κ3) is 5.22. The summed E-state index contributed by atoms with van der Waals surface area (Å²) in [5, 5.41) is 0. The van der Waals surface area contributed by atoms with Gasteiger partial charge in [-0.05, 0) is 24.7 Å². The van der Waals surface area contributed by atoms with E-state index in [4.69, 9.17) is 2.67 Å². The van der Waals surface area contributed by atoms with Crippen molar-refractivity contribution in [2.75, 3.05) is 0 Å². The molecule has 0 spiro atoms. The third-order valence-electron chi connectivity index (χ3n) is 0.138. The second-order valence-electron chi connectivity index (χ2n) is 0.442. The van der Waals surface area contributed by atoms with Crippen molar-refractivity contribution in [3.63, 3.8) is 0 Å². The summed E-state index contributed by atoms with van der Waals surface area (Å²) >= 11 is 1.56. The first-order valence-corrected chi connectivity index (χ1v) is 5.09. The second kappa shape index (κ2) is 3.41. The van der Waals surface area contributed by atoms with Gasteiger partial charge in [-0.3, -0.25) is 0 Å². The SMILES string of the molecule is [2H]B(B[3H])P(F)I. The highest BCUT2D eigenvalue weighted by Gasteiger charge is 1.91. The Labute approximate surface area is 49.6 Å². The topological polar surface area (TPSA) is 0 Å². The molecule has 0 nitrogen and oxygen atoms in total. The molecule has 5 heteroatoms. The molecule has 1 atom stereocenters. The summed E-state index contributed by atoms with van der Waals surface area (Å²) in [6, 6.07) is 0. The van der Waals surface area contributed by atoms with E-state index in [1.807, 2.05) is 0 Å². The Morgan fingerprint density at radius 3 is 3.40 bits per heavy atom. The number of hydrogen-bond acceptors (Lipinski definition) is 0. The van der Waals surface area contributed by atoms with E-state index in [-0.39, 0.29) is 7.70 Å². The lowest BCUT2D eigenvalue weighted by atomic mass is 9.79. The maximum atomic E-state index is 11.8. The molecule has 0 aliphatic carbocycles. The van der Waals surface area contributed by atoms with Gasteiger partial charge in [0.25, 0.3) is 0 Å². The van der Waals surface area contributed by atoms with Crippen LogP contribution in [0.5, 0.6) is 0 Å². The van der Waals surface area contributed by atoms with E-state index in [0.717, 1.165) is 0 Å². The Bertz CT molecular complexity index is 53.0. The average Bonchev–Trinajstić information content (AvgIpc) is 1.65. The van der Waals surface area contributed by atoms with Crippen LogP contribution in [0.1, 0.15) is 0 Å². The maximum absolute atomic E-state index is 11.8. The molecule has 0 aromatic rings.